The standard InChI is InChI=1S/C28H45N/c1-3-4-5-7-10-13-25-15-19-27(20-16-25)24(2)28-21-17-26(18-22-28)14-11-8-6-9-12-23-29/h6,8-9,12,25-28H,2-5,7,10-11,13-22H2,1H3/b8-6+,12-9+. The fourth-order valence-electron chi connectivity index (χ4n) is 5.62. The van der Waals surface area contributed by atoms with E-state index in [1.807, 2.05) is 18.2 Å². The highest BCUT2D eigenvalue weighted by molar-refractivity contribution is 5.11. The Hall–Kier alpha value is -1.29. The average molecular weight is 396 g/mol. The van der Waals surface area contributed by atoms with Crippen molar-refractivity contribution in [3.05, 3.63) is 36.5 Å². The quantitative estimate of drug-likeness (QED) is 0.140. The third-order valence-corrected chi connectivity index (χ3v) is 7.62. The van der Waals surface area contributed by atoms with Crippen molar-refractivity contribution in [3.8, 4) is 6.07 Å². The molecule has 2 rings (SSSR count). The van der Waals surface area contributed by atoms with E-state index in [1.54, 1.807) is 5.57 Å². The van der Waals surface area contributed by atoms with Gasteiger partial charge in [0.25, 0.3) is 0 Å². The van der Waals surface area contributed by atoms with Gasteiger partial charge >= 0.3 is 0 Å². The van der Waals surface area contributed by atoms with Crippen LogP contribution in [0, 0.1) is 35.0 Å². The van der Waals surface area contributed by atoms with E-state index in [-0.39, 0.29) is 0 Å². The molecule has 0 atom stereocenters. The van der Waals surface area contributed by atoms with E-state index < -0.39 is 0 Å². The first-order chi connectivity index (χ1) is 14.2. The maximum atomic E-state index is 8.49. The molecule has 0 radical (unpaired) electrons. The lowest BCUT2D eigenvalue weighted by atomic mass is 9.70. The highest BCUT2D eigenvalue weighted by atomic mass is 14.3. The summed E-state index contributed by atoms with van der Waals surface area (Å²) in [6.45, 7) is 6.91. The summed E-state index contributed by atoms with van der Waals surface area (Å²) in [7, 11) is 0. The number of hydrogen-bond donors (Lipinski definition) is 0. The van der Waals surface area contributed by atoms with Crippen molar-refractivity contribution in [3.63, 3.8) is 0 Å². The fourth-order valence-corrected chi connectivity index (χ4v) is 5.62. The van der Waals surface area contributed by atoms with Crippen molar-refractivity contribution in [1.29, 1.82) is 5.26 Å². The molecule has 2 aliphatic carbocycles. The van der Waals surface area contributed by atoms with Gasteiger partial charge in [-0.3, -0.25) is 0 Å². The van der Waals surface area contributed by atoms with E-state index in [9.17, 15) is 0 Å². The summed E-state index contributed by atoms with van der Waals surface area (Å²) in [5, 5.41) is 8.49. The molecule has 2 saturated carbocycles. The van der Waals surface area contributed by atoms with Crippen LogP contribution >= 0.6 is 0 Å². The van der Waals surface area contributed by atoms with E-state index in [1.165, 1.54) is 102 Å². The topological polar surface area (TPSA) is 23.8 Å². The Morgan fingerprint density at radius 1 is 0.828 bits per heavy atom. The van der Waals surface area contributed by atoms with Crippen LogP contribution in [0.2, 0.25) is 0 Å². The number of unbranched alkanes of at least 4 members (excludes halogenated alkanes) is 4. The minimum absolute atomic E-state index is 0.802. The number of nitrogens with zero attached hydrogens (tertiary/aromatic N) is 1. The van der Waals surface area contributed by atoms with Gasteiger partial charge in [0.2, 0.25) is 0 Å². The molecule has 0 bridgehead atoms. The normalized spacial score (nSPS) is 28.0. The molecule has 2 aliphatic rings. The summed E-state index contributed by atoms with van der Waals surface area (Å²) in [5.74, 6) is 3.53. The van der Waals surface area contributed by atoms with Gasteiger partial charge in [0.15, 0.2) is 0 Å². The Labute approximate surface area is 181 Å². The molecule has 0 unspecified atom stereocenters. The van der Waals surface area contributed by atoms with Gasteiger partial charge in [0, 0.05) is 6.08 Å². The molecule has 0 spiro atoms. The zero-order valence-electron chi connectivity index (χ0n) is 19.1. The summed E-state index contributed by atoms with van der Waals surface area (Å²) in [4.78, 5) is 0. The van der Waals surface area contributed by atoms with Crippen LogP contribution in [-0.4, -0.2) is 0 Å². The van der Waals surface area contributed by atoms with Crippen molar-refractivity contribution in [2.24, 2.45) is 23.7 Å². The van der Waals surface area contributed by atoms with Gasteiger partial charge in [0.05, 0.1) is 6.07 Å². The van der Waals surface area contributed by atoms with Gasteiger partial charge in [-0.05, 0) is 87.9 Å². The smallest absolute Gasteiger partial charge is 0.0912 e. The van der Waals surface area contributed by atoms with Gasteiger partial charge in [-0.1, -0.05) is 75.8 Å². The first kappa shape index (κ1) is 24.0. The predicted octanol–water partition coefficient (Wildman–Crippen LogP) is 8.93. The number of rotatable bonds is 12. The van der Waals surface area contributed by atoms with Crippen LogP contribution in [0.4, 0.5) is 0 Å². The first-order valence-electron chi connectivity index (χ1n) is 12.6. The zero-order chi connectivity index (χ0) is 20.7. The Balaban J connectivity index is 1.58. The Bertz CT molecular complexity index is 533. The van der Waals surface area contributed by atoms with E-state index >= 15 is 0 Å². The van der Waals surface area contributed by atoms with E-state index in [0.29, 0.717) is 0 Å². The molecule has 0 aromatic rings. The second kappa shape index (κ2) is 14.7. The average Bonchev–Trinajstić information content (AvgIpc) is 2.76. The van der Waals surface area contributed by atoms with E-state index in [4.69, 9.17) is 5.26 Å². The molecule has 0 aliphatic heterocycles. The first-order valence-corrected chi connectivity index (χ1v) is 12.6. The van der Waals surface area contributed by atoms with Crippen LogP contribution in [0.25, 0.3) is 0 Å². The molecule has 0 heterocycles. The largest absolute Gasteiger partial charge is 0.193 e. The Kier molecular flexibility index (Phi) is 12.1. The van der Waals surface area contributed by atoms with Crippen LogP contribution in [0.1, 0.15) is 110 Å². The zero-order valence-corrected chi connectivity index (χ0v) is 19.1. The Morgan fingerprint density at radius 3 is 2.00 bits per heavy atom. The summed E-state index contributed by atoms with van der Waals surface area (Å²) in [6, 6.07) is 2.03. The van der Waals surface area contributed by atoms with Crippen LogP contribution < -0.4 is 0 Å². The molecule has 0 aromatic heterocycles. The SMILES string of the molecule is C=C(C1CCC(CC/C=C/C=C/C#N)CC1)C1CCC(CCCCCCC)CC1. The van der Waals surface area contributed by atoms with Crippen molar-refractivity contribution in [1.82, 2.24) is 0 Å². The van der Waals surface area contributed by atoms with Crippen LogP contribution in [-0.2, 0) is 0 Å². The molecule has 29 heavy (non-hydrogen) atoms. The van der Waals surface area contributed by atoms with Gasteiger partial charge in [0.1, 0.15) is 0 Å². The molecule has 1 nitrogen and oxygen atoms in total. The third kappa shape index (κ3) is 9.37. The molecule has 0 saturated heterocycles. The fraction of sp³-hybridized carbons (Fsp3) is 0.750. The van der Waals surface area contributed by atoms with Gasteiger partial charge in [-0.15, -0.1) is 0 Å². The monoisotopic (exact) mass is 395 g/mol. The van der Waals surface area contributed by atoms with E-state index in [2.05, 4.69) is 19.6 Å². The van der Waals surface area contributed by atoms with Crippen LogP contribution in [0.3, 0.4) is 0 Å². The summed E-state index contributed by atoms with van der Waals surface area (Å²) in [5.41, 5.74) is 1.62. The lowest BCUT2D eigenvalue weighted by molar-refractivity contribution is 0.239. The number of hydrogen-bond acceptors (Lipinski definition) is 1. The van der Waals surface area contributed by atoms with Crippen molar-refractivity contribution in [2.75, 3.05) is 0 Å². The highest BCUT2D eigenvalue weighted by Crippen LogP contribution is 2.42. The highest BCUT2D eigenvalue weighted by Gasteiger charge is 2.29. The summed E-state index contributed by atoms with van der Waals surface area (Å²) >= 11 is 0. The molecule has 2 fully saturated rings. The molecule has 162 valence electrons. The third-order valence-electron chi connectivity index (χ3n) is 7.62. The lowest BCUT2D eigenvalue weighted by Crippen LogP contribution is -2.23. The molecule has 0 N–H and O–H groups in total. The molecular formula is C28H45N. The van der Waals surface area contributed by atoms with E-state index in [0.717, 1.165) is 30.1 Å². The molecule has 0 amide bonds. The number of nitriles is 1. The maximum absolute atomic E-state index is 8.49. The van der Waals surface area contributed by atoms with Crippen molar-refractivity contribution >= 4 is 0 Å². The summed E-state index contributed by atoms with van der Waals surface area (Å²) < 4.78 is 0. The van der Waals surface area contributed by atoms with Crippen molar-refractivity contribution < 1.29 is 0 Å². The maximum Gasteiger partial charge on any atom is 0.0912 e. The molecule has 0 aromatic carbocycles. The van der Waals surface area contributed by atoms with Gasteiger partial charge in [-0.25, -0.2) is 0 Å². The number of allylic oxidation sites excluding steroid dienone is 5. The molecular weight excluding hydrogens is 350 g/mol. The van der Waals surface area contributed by atoms with Crippen LogP contribution in [0.15, 0.2) is 36.5 Å². The van der Waals surface area contributed by atoms with Gasteiger partial charge in [-0.2, -0.15) is 5.26 Å². The Morgan fingerprint density at radius 2 is 1.41 bits per heavy atom. The lowest BCUT2D eigenvalue weighted by Gasteiger charge is -2.36. The second-order valence-electron chi connectivity index (χ2n) is 9.71. The minimum atomic E-state index is 0.802. The molecule has 1 heteroatoms. The minimum Gasteiger partial charge on any atom is -0.193 e. The van der Waals surface area contributed by atoms with Gasteiger partial charge < -0.3 is 0 Å². The van der Waals surface area contributed by atoms with Crippen molar-refractivity contribution in [2.45, 2.75) is 110 Å². The summed E-state index contributed by atoms with van der Waals surface area (Å²) in [6.07, 6.45) is 29.9. The predicted molar refractivity (Wildman–Crippen MR) is 127 cm³/mol. The van der Waals surface area contributed by atoms with Crippen LogP contribution in [0.5, 0.6) is 0 Å². The second-order valence-corrected chi connectivity index (χ2v) is 9.71.